The van der Waals surface area contributed by atoms with Gasteiger partial charge in [-0.2, -0.15) is 0 Å². The molecule has 1 atom stereocenters. The van der Waals surface area contributed by atoms with Crippen LogP contribution in [0.4, 0.5) is 10.5 Å². The number of rotatable bonds is 8. The van der Waals surface area contributed by atoms with Crippen molar-refractivity contribution in [1.29, 1.82) is 0 Å². The first kappa shape index (κ1) is 20.4. The van der Waals surface area contributed by atoms with Crippen molar-refractivity contribution in [2.45, 2.75) is 32.2 Å². The summed E-state index contributed by atoms with van der Waals surface area (Å²) in [4.78, 5) is 39.4. The Morgan fingerprint density at radius 2 is 1.76 bits per heavy atom. The number of hydrogen-bond donors (Lipinski definition) is 2. The molecule has 1 unspecified atom stereocenters. The number of ether oxygens (including phenoxy) is 1. The van der Waals surface area contributed by atoms with Gasteiger partial charge in [0, 0.05) is 0 Å². The van der Waals surface area contributed by atoms with Crippen LogP contribution in [0, 0.1) is 0 Å². The molecular weight excluding hydrogens is 370 g/mol. The van der Waals surface area contributed by atoms with E-state index in [1.807, 2.05) is 44.2 Å². The van der Waals surface area contributed by atoms with Crippen molar-refractivity contribution in [1.82, 2.24) is 10.2 Å². The van der Waals surface area contributed by atoms with Gasteiger partial charge in [0.1, 0.15) is 17.8 Å². The van der Waals surface area contributed by atoms with E-state index in [-0.39, 0.29) is 6.54 Å². The van der Waals surface area contributed by atoms with E-state index in [1.54, 1.807) is 24.3 Å². The molecule has 1 fully saturated rings. The molecule has 2 N–H and O–H groups in total. The molecule has 0 radical (unpaired) electrons. The van der Waals surface area contributed by atoms with E-state index in [1.165, 1.54) is 0 Å². The van der Waals surface area contributed by atoms with Gasteiger partial charge >= 0.3 is 6.03 Å². The van der Waals surface area contributed by atoms with Crippen molar-refractivity contribution in [2.75, 3.05) is 18.5 Å². The lowest BCUT2D eigenvalue weighted by atomic mass is 9.85. The lowest BCUT2D eigenvalue weighted by molar-refractivity contribution is -0.134. The summed E-state index contributed by atoms with van der Waals surface area (Å²) in [5.74, 6) is -0.352. The molecule has 7 heteroatoms. The minimum Gasteiger partial charge on any atom is -0.492 e. The Morgan fingerprint density at radius 3 is 2.45 bits per heavy atom. The van der Waals surface area contributed by atoms with Crippen molar-refractivity contribution < 1.29 is 19.1 Å². The number of benzene rings is 2. The van der Waals surface area contributed by atoms with Crippen LogP contribution in [0.1, 0.15) is 32.3 Å². The molecular formula is C22H25N3O4. The highest BCUT2D eigenvalue weighted by Crippen LogP contribution is 2.33. The Morgan fingerprint density at radius 1 is 1.07 bits per heavy atom. The van der Waals surface area contributed by atoms with Crippen LogP contribution in [0.3, 0.4) is 0 Å². The molecule has 0 aliphatic carbocycles. The number of amides is 4. The minimum atomic E-state index is -1.14. The normalized spacial score (nSPS) is 18.5. The first-order valence-corrected chi connectivity index (χ1v) is 9.73. The highest BCUT2D eigenvalue weighted by atomic mass is 16.5. The molecule has 3 rings (SSSR count). The van der Waals surface area contributed by atoms with Gasteiger partial charge in [-0.1, -0.05) is 55.8 Å². The highest BCUT2D eigenvalue weighted by Gasteiger charge is 2.52. The van der Waals surface area contributed by atoms with Crippen molar-refractivity contribution in [2.24, 2.45) is 0 Å². The smallest absolute Gasteiger partial charge is 0.325 e. The molecule has 1 saturated heterocycles. The molecule has 1 aliphatic heterocycles. The minimum absolute atomic E-state index is 0.372. The van der Waals surface area contributed by atoms with Crippen LogP contribution in [-0.2, 0) is 15.1 Å². The van der Waals surface area contributed by atoms with Crippen molar-refractivity contribution >= 4 is 23.5 Å². The van der Waals surface area contributed by atoms with Crippen molar-refractivity contribution in [3.63, 3.8) is 0 Å². The number of anilines is 1. The summed E-state index contributed by atoms with van der Waals surface area (Å²) in [6, 6.07) is 15.6. The van der Waals surface area contributed by atoms with Gasteiger partial charge < -0.3 is 15.4 Å². The van der Waals surface area contributed by atoms with E-state index in [9.17, 15) is 14.4 Å². The van der Waals surface area contributed by atoms with E-state index in [4.69, 9.17) is 4.74 Å². The summed E-state index contributed by atoms with van der Waals surface area (Å²) in [7, 11) is 0. The van der Waals surface area contributed by atoms with Gasteiger partial charge in [0.25, 0.3) is 5.91 Å². The van der Waals surface area contributed by atoms with E-state index in [0.717, 1.165) is 4.90 Å². The average molecular weight is 395 g/mol. The second-order valence-corrected chi connectivity index (χ2v) is 6.82. The topological polar surface area (TPSA) is 87.7 Å². The zero-order chi connectivity index (χ0) is 20.9. The molecule has 2 aromatic rings. The third-order valence-electron chi connectivity index (χ3n) is 4.83. The Bertz CT molecular complexity index is 900. The zero-order valence-electron chi connectivity index (χ0n) is 16.6. The Kier molecular flexibility index (Phi) is 6.16. The van der Waals surface area contributed by atoms with Gasteiger partial charge in [0.15, 0.2) is 0 Å². The Balaban J connectivity index is 1.79. The third kappa shape index (κ3) is 4.08. The zero-order valence-corrected chi connectivity index (χ0v) is 16.6. The molecule has 4 amide bonds. The van der Waals surface area contributed by atoms with Gasteiger partial charge in [0.2, 0.25) is 5.91 Å². The molecule has 0 spiro atoms. The summed E-state index contributed by atoms with van der Waals surface area (Å²) in [5.41, 5.74) is 0.0652. The fourth-order valence-corrected chi connectivity index (χ4v) is 3.56. The van der Waals surface area contributed by atoms with Crippen LogP contribution < -0.4 is 15.4 Å². The number of nitrogens with one attached hydrogen (secondary N) is 2. The molecule has 0 bridgehead atoms. The van der Waals surface area contributed by atoms with Crippen molar-refractivity contribution in [3.8, 4) is 5.75 Å². The maximum Gasteiger partial charge on any atom is 0.325 e. The Labute approximate surface area is 170 Å². The maximum atomic E-state index is 13.2. The first-order chi connectivity index (χ1) is 14.0. The second kappa shape index (κ2) is 8.77. The highest BCUT2D eigenvalue weighted by molar-refractivity contribution is 6.10. The van der Waals surface area contributed by atoms with Gasteiger partial charge in [-0.3, -0.25) is 14.5 Å². The summed E-state index contributed by atoms with van der Waals surface area (Å²) in [6.07, 6.45) is 1.15. The molecule has 152 valence electrons. The van der Waals surface area contributed by atoms with E-state index < -0.39 is 23.4 Å². The fourth-order valence-electron chi connectivity index (χ4n) is 3.56. The largest absolute Gasteiger partial charge is 0.492 e. The summed E-state index contributed by atoms with van der Waals surface area (Å²) < 4.78 is 5.50. The summed E-state index contributed by atoms with van der Waals surface area (Å²) in [5, 5.41) is 5.54. The third-order valence-corrected chi connectivity index (χ3v) is 4.83. The Hall–Kier alpha value is -3.35. The van der Waals surface area contributed by atoms with Crippen LogP contribution in [0.2, 0.25) is 0 Å². The number of urea groups is 1. The average Bonchev–Trinajstić information content (AvgIpc) is 2.96. The van der Waals surface area contributed by atoms with Crippen LogP contribution in [0.25, 0.3) is 0 Å². The number of carbonyl (C=O) groups excluding carboxylic acids is 3. The number of nitrogens with zero attached hydrogens (tertiary/aromatic N) is 1. The fraction of sp³-hybridized carbons (Fsp3) is 0.318. The standard InChI is InChI=1S/C22H25N3O4/c1-3-14-22(16-10-6-5-7-11-16)20(27)25(21(28)24-22)15-19(26)23-17-12-8-9-13-18(17)29-4-2/h5-13H,3-4,14-15H2,1-2H3,(H,23,26)(H,24,28). The van der Waals surface area contributed by atoms with Gasteiger partial charge in [-0.05, 0) is 31.0 Å². The van der Waals surface area contributed by atoms with E-state index in [0.29, 0.717) is 36.4 Å². The number of imide groups is 1. The first-order valence-electron chi connectivity index (χ1n) is 9.73. The molecule has 1 aliphatic rings. The molecule has 0 aromatic heterocycles. The number of para-hydroxylation sites is 2. The molecule has 29 heavy (non-hydrogen) atoms. The number of hydrogen-bond acceptors (Lipinski definition) is 4. The van der Waals surface area contributed by atoms with Crippen molar-refractivity contribution in [3.05, 3.63) is 60.2 Å². The van der Waals surface area contributed by atoms with Crippen LogP contribution in [-0.4, -0.2) is 35.9 Å². The van der Waals surface area contributed by atoms with Crippen LogP contribution in [0.15, 0.2) is 54.6 Å². The SMILES string of the molecule is CCCC1(c2ccccc2)NC(=O)N(CC(=O)Nc2ccccc2OCC)C1=O. The lowest BCUT2D eigenvalue weighted by Crippen LogP contribution is -2.44. The van der Waals surface area contributed by atoms with Crippen LogP contribution in [0.5, 0.6) is 5.75 Å². The maximum absolute atomic E-state index is 13.2. The predicted octanol–water partition coefficient (Wildman–Crippen LogP) is 3.27. The monoisotopic (exact) mass is 395 g/mol. The van der Waals surface area contributed by atoms with E-state index >= 15 is 0 Å². The quantitative estimate of drug-likeness (QED) is 0.672. The molecule has 1 heterocycles. The second-order valence-electron chi connectivity index (χ2n) is 6.82. The van der Waals surface area contributed by atoms with Gasteiger partial charge in [-0.25, -0.2) is 4.79 Å². The predicted molar refractivity (Wildman–Crippen MR) is 110 cm³/mol. The molecule has 2 aromatic carbocycles. The van der Waals surface area contributed by atoms with E-state index in [2.05, 4.69) is 10.6 Å². The summed E-state index contributed by atoms with van der Waals surface area (Å²) >= 11 is 0. The van der Waals surface area contributed by atoms with Crippen LogP contribution >= 0.6 is 0 Å². The molecule has 0 saturated carbocycles. The molecule has 7 nitrogen and oxygen atoms in total. The lowest BCUT2D eigenvalue weighted by Gasteiger charge is -2.26. The van der Waals surface area contributed by atoms with Gasteiger partial charge in [0.05, 0.1) is 12.3 Å². The number of carbonyl (C=O) groups is 3. The van der Waals surface area contributed by atoms with Gasteiger partial charge in [-0.15, -0.1) is 0 Å². The summed E-state index contributed by atoms with van der Waals surface area (Å²) in [6.45, 7) is 3.88.